The predicted octanol–water partition coefficient (Wildman–Crippen LogP) is 2.92. The van der Waals surface area contributed by atoms with Crippen LogP contribution in [0, 0.1) is 17.2 Å². The summed E-state index contributed by atoms with van der Waals surface area (Å²) in [4.78, 5) is 19.4. The molecule has 1 aliphatic heterocycles. The van der Waals surface area contributed by atoms with E-state index >= 15 is 0 Å². The molecule has 2 aliphatic rings. The van der Waals surface area contributed by atoms with Crippen molar-refractivity contribution in [1.29, 1.82) is 5.41 Å². The van der Waals surface area contributed by atoms with Gasteiger partial charge in [-0.1, -0.05) is 25.1 Å². The summed E-state index contributed by atoms with van der Waals surface area (Å²) >= 11 is 0. The maximum atomic E-state index is 12.8. The Morgan fingerprint density at radius 3 is 2.81 bits per heavy atom. The molecule has 2 fully saturated rings. The van der Waals surface area contributed by atoms with Crippen molar-refractivity contribution in [3.8, 4) is 0 Å². The Morgan fingerprint density at radius 1 is 1.27 bits per heavy atom. The Balaban J connectivity index is 1.64. The fourth-order valence-electron chi connectivity index (χ4n) is 4.57. The van der Waals surface area contributed by atoms with Crippen molar-refractivity contribution in [2.45, 2.75) is 38.1 Å². The van der Waals surface area contributed by atoms with Gasteiger partial charge in [0.05, 0.1) is 5.52 Å². The largest absolute Gasteiger partial charge is 0.342 e. The third-order valence-electron chi connectivity index (χ3n) is 5.93. The lowest BCUT2D eigenvalue weighted by Gasteiger charge is -2.41. The zero-order chi connectivity index (χ0) is 18.3. The number of benzene rings is 1. The summed E-state index contributed by atoms with van der Waals surface area (Å²) in [6.07, 6.45) is 5.86. The summed E-state index contributed by atoms with van der Waals surface area (Å²) in [6, 6.07) is 8.33. The maximum Gasteiger partial charge on any atom is 0.225 e. The van der Waals surface area contributed by atoms with E-state index in [1.54, 1.807) is 6.20 Å². The minimum Gasteiger partial charge on any atom is -0.342 e. The second-order valence-corrected chi connectivity index (χ2v) is 8.00. The molecule has 1 aliphatic carbocycles. The van der Waals surface area contributed by atoms with Crippen LogP contribution >= 0.6 is 0 Å². The van der Waals surface area contributed by atoms with Crippen molar-refractivity contribution >= 4 is 23.0 Å². The quantitative estimate of drug-likeness (QED) is 0.835. The summed E-state index contributed by atoms with van der Waals surface area (Å²) in [5.74, 6) is 1.18. The third-order valence-corrected chi connectivity index (χ3v) is 5.93. The van der Waals surface area contributed by atoms with E-state index in [1.807, 2.05) is 12.1 Å². The van der Waals surface area contributed by atoms with Crippen LogP contribution in [0.3, 0.4) is 0 Å². The molecule has 1 aromatic heterocycles. The van der Waals surface area contributed by atoms with Crippen molar-refractivity contribution in [1.82, 2.24) is 9.88 Å². The predicted molar refractivity (Wildman–Crippen MR) is 103 cm³/mol. The minimum atomic E-state index is 0.120. The first-order valence-corrected chi connectivity index (χ1v) is 9.49. The average Bonchev–Trinajstić information content (AvgIpc) is 2.63. The highest BCUT2D eigenvalue weighted by molar-refractivity contribution is 5.98. The van der Waals surface area contributed by atoms with Crippen LogP contribution in [0.25, 0.3) is 10.9 Å². The van der Waals surface area contributed by atoms with E-state index in [9.17, 15) is 4.79 Å². The number of hydrogen-bond acceptors (Lipinski definition) is 4. The van der Waals surface area contributed by atoms with E-state index < -0.39 is 0 Å². The summed E-state index contributed by atoms with van der Waals surface area (Å²) in [7, 11) is 0. The Bertz CT molecular complexity index is 843. The summed E-state index contributed by atoms with van der Waals surface area (Å²) in [6.45, 7) is 3.84. The molecule has 5 nitrogen and oxygen atoms in total. The van der Waals surface area contributed by atoms with Crippen molar-refractivity contribution in [3.63, 3.8) is 0 Å². The van der Waals surface area contributed by atoms with Crippen LogP contribution in [0.1, 0.15) is 43.2 Å². The highest BCUT2D eigenvalue weighted by Crippen LogP contribution is 2.36. The van der Waals surface area contributed by atoms with Crippen LogP contribution in [0.5, 0.6) is 0 Å². The molecule has 2 atom stereocenters. The molecule has 0 unspecified atom stereocenters. The van der Waals surface area contributed by atoms with Gasteiger partial charge >= 0.3 is 0 Å². The van der Waals surface area contributed by atoms with Gasteiger partial charge in [-0.25, -0.2) is 0 Å². The van der Waals surface area contributed by atoms with Crippen LogP contribution in [0.4, 0.5) is 0 Å². The molecule has 1 saturated carbocycles. The number of piperidine rings is 1. The highest BCUT2D eigenvalue weighted by Gasteiger charge is 2.38. The second-order valence-electron chi connectivity index (χ2n) is 8.00. The Kier molecular flexibility index (Phi) is 4.49. The number of aromatic nitrogens is 1. The molecule has 2 heterocycles. The van der Waals surface area contributed by atoms with E-state index in [0.717, 1.165) is 48.8 Å². The summed E-state index contributed by atoms with van der Waals surface area (Å²) < 4.78 is 0. The van der Waals surface area contributed by atoms with Gasteiger partial charge in [0.1, 0.15) is 0 Å². The lowest BCUT2D eigenvalue weighted by molar-refractivity contribution is -0.140. The first-order valence-electron chi connectivity index (χ1n) is 9.49. The number of nitrogens with one attached hydrogen (secondary N) is 1. The van der Waals surface area contributed by atoms with Crippen LogP contribution < -0.4 is 5.73 Å². The first kappa shape index (κ1) is 17.2. The molecule has 1 saturated heterocycles. The molecule has 3 N–H and O–H groups in total. The van der Waals surface area contributed by atoms with Gasteiger partial charge < -0.3 is 16.0 Å². The van der Waals surface area contributed by atoms with Crippen LogP contribution in [-0.4, -0.2) is 41.1 Å². The topological polar surface area (TPSA) is 83.1 Å². The average molecular weight is 350 g/mol. The van der Waals surface area contributed by atoms with Gasteiger partial charge in [-0.15, -0.1) is 0 Å². The zero-order valence-corrected chi connectivity index (χ0v) is 15.2. The SMILES string of the molecule is C[C@@H]1C[C@H](c2ccc(C=N)c3ncccc23)CN(C(=O)C2CC(N)C2)C1. The van der Waals surface area contributed by atoms with Gasteiger partial charge in [-0.2, -0.15) is 0 Å². The van der Waals surface area contributed by atoms with Gasteiger partial charge in [-0.05, 0) is 36.8 Å². The number of amides is 1. The molecule has 1 amide bonds. The molecule has 5 heteroatoms. The van der Waals surface area contributed by atoms with Crippen molar-refractivity contribution < 1.29 is 4.79 Å². The van der Waals surface area contributed by atoms with E-state index in [4.69, 9.17) is 11.1 Å². The third kappa shape index (κ3) is 3.01. The van der Waals surface area contributed by atoms with Crippen molar-refractivity contribution in [2.75, 3.05) is 13.1 Å². The van der Waals surface area contributed by atoms with Crippen LogP contribution in [-0.2, 0) is 4.79 Å². The zero-order valence-electron chi connectivity index (χ0n) is 15.2. The fourth-order valence-corrected chi connectivity index (χ4v) is 4.57. The number of nitrogens with two attached hydrogens (primary N) is 1. The summed E-state index contributed by atoms with van der Waals surface area (Å²) in [5, 5.41) is 8.73. The molecule has 26 heavy (non-hydrogen) atoms. The van der Waals surface area contributed by atoms with Crippen molar-refractivity contribution in [2.24, 2.45) is 17.6 Å². The monoisotopic (exact) mass is 350 g/mol. The normalized spacial score (nSPS) is 28.6. The number of hydrogen-bond donors (Lipinski definition) is 2. The first-order chi connectivity index (χ1) is 12.6. The summed E-state index contributed by atoms with van der Waals surface area (Å²) in [5.41, 5.74) is 8.83. The molecule has 0 radical (unpaired) electrons. The molecular formula is C21H26N4O. The minimum absolute atomic E-state index is 0.120. The molecular weight excluding hydrogens is 324 g/mol. The molecule has 136 valence electrons. The molecule has 4 rings (SSSR count). The number of carbonyl (C=O) groups is 1. The van der Waals surface area contributed by atoms with Crippen LogP contribution in [0.2, 0.25) is 0 Å². The molecule has 0 spiro atoms. The lowest BCUT2D eigenvalue weighted by Crippen LogP contribution is -2.50. The Labute approximate surface area is 154 Å². The number of nitrogens with zero attached hydrogens (tertiary/aromatic N) is 2. The van der Waals surface area contributed by atoms with E-state index in [0.29, 0.717) is 11.8 Å². The number of fused-ring (bicyclic) bond motifs is 1. The maximum absolute atomic E-state index is 12.8. The Hall–Kier alpha value is -2.27. The number of pyridine rings is 1. The van der Waals surface area contributed by atoms with Gasteiger partial charge in [0, 0.05) is 54.3 Å². The number of likely N-dealkylation sites (tertiary alicyclic amines) is 1. The van der Waals surface area contributed by atoms with Crippen molar-refractivity contribution in [3.05, 3.63) is 41.6 Å². The van der Waals surface area contributed by atoms with Gasteiger partial charge in [-0.3, -0.25) is 9.78 Å². The van der Waals surface area contributed by atoms with Crippen LogP contribution in [0.15, 0.2) is 30.5 Å². The highest BCUT2D eigenvalue weighted by atomic mass is 16.2. The molecule has 1 aromatic carbocycles. The van der Waals surface area contributed by atoms with E-state index in [-0.39, 0.29) is 17.9 Å². The van der Waals surface area contributed by atoms with Gasteiger partial charge in [0.15, 0.2) is 0 Å². The Morgan fingerprint density at radius 2 is 2.08 bits per heavy atom. The molecule has 2 aromatic rings. The molecule has 0 bridgehead atoms. The fraction of sp³-hybridized carbons (Fsp3) is 0.476. The smallest absolute Gasteiger partial charge is 0.225 e. The second kappa shape index (κ2) is 6.80. The lowest BCUT2D eigenvalue weighted by atomic mass is 9.78. The number of carbonyl (C=O) groups excluding carboxylic acids is 1. The van der Waals surface area contributed by atoms with E-state index in [2.05, 4.69) is 28.9 Å². The van der Waals surface area contributed by atoms with E-state index in [1.165, 1.54) is 11.8 Å². The van der Waals surface area contributed by atoms with Gasteiger partial charge in [0.2, 0.25) is 5.91 Å². The number of rotatable bonds is 3. The standard InChI is InChI=1S/C21H26N4O/c1-13-7-16(12-25(11-13)21(26)15-8-17(23)9-15)18-5-4-14(10-22)20-19(18)3-2-6-24-20/h2-6,10,13,15-17,22H,7-9,11-12,23H2,1H3/t13-,15?,16+,17?/m1/s1. The van der Waals surface area contributed by atoms with Gasteiger partial charge in [0.25, 0.3) is 0 Å².